The highest BCUT2D eigenvalue weighted by Crippen LogP contribution is 2.10. The van der Waals surface area contributed by atoms with Crippen LogP contribution < -0.4 is 0 Å². The van der Waals surface area contributed by atoms with Crippen LogP contribution in [0.15, 0.2) is 0 Å². The Kier molecular flexibility index (Phi) is 7.29. The van der Waals surface area contributed by atoms with Crippen molar-refractivity contribution in [3.05, 3.63) is 0 Å². The lowest BCUT2D eigenvalue weighted by Crippen LogP contribution is -2.45. The third-order valence-electron chi connectivity index (χ3n) is 2.04. The highest BCUT2D eigenvalue weighted by Gasteiger charge is 2.20. The summed E-state index contributed by atoms with van der Waals surface area (Å²) in [6.07, 6.45) is 2.09. The monoisotopic (exact) mass is 187 g/mol. The zero-order chi connectivity index (χ0) is 10.3. The summed E-state index contributed by atoms with van der Waals surface area (Å²) in [5.41, 5.74) is 0. The van der Waals surface area contributed by atoms with Crippen LogP contribution in [-0.2, 0) is 4.74 Å². The van der Waals surface area contributed by atoms with Gasteiger partial charge in [0.25, 0.3) is 0 Å². The third kappa shape index (κ3) is 5.27. The van der Waals surface area contributed by atoms with Crippen molar-refractivity contribution in [3.8, 4) is 0 Å². The van der Waals surface area contributed by atoms with Crippen LogP contribution in [0.5, 0.6) is 0 Å². The van der Waals surface area contributed by atoms with Gasteiger partial charge in [-0.1, -0.05) is 20.8 Å². The molecule has 2 nitrogen and oxygen atoms in total. The van der Waals surface area contributed by atoms with Gasteiger partial charge in [-0.25, -0.2) is 0 Å². The first-order valence-electron chi connectivity index (χ1n) is 5.60. The summed E-state index contributed by atoms with van der Waals surface area (Å²) in [4.78, 5) is 2.48. The Morgan fingerprint density at radius 1 is 1.15 bits per heavy atom. The minimum absolute atomic E-state index is 0.422. The Morgan fingerprint density at radius 3 is 2.00 bits per heavy atom. The van der Waals surface area contributed by atoms with E-state index in [1.807, 2.05) is 13.8 Å². The molecule has 0 amide bonds. The Morgan fingerprint density at radius 2 is 1.62 bits per heavy atom. The fourth-order valence-electron chi connectivity index (χ4n) is 1.78. The van der Waals surface area contributed by atoms with Gasteiger partial charge in [0.2, 0.25) is 0 Å². The highest BCUT2D eigenvalue weighted by atomic mass is 16.5. The van der Waals surface area contributed by atoms with Crippen LogP contribution in [-0.4, -0.2) is 36.7 Å². The van der Waals surface area contributed by atoms with Crippen molar-refractivity contribution in [1.82, 2.24) is 4.90 Å². The molecule has 1 fully saturated rings. The van der Waals surface area contributed by atoms with E-state index >= 15 is 0 Å². The molecule has 0 saturated carbocycles. The smallest absolute Gasteiger partial charge is 0.0678 e. The second kappa shape index (κ2) is 7.34. The van der Waals surface area contributed by atoms with Crippen LogP contribution in [0.1, 0.15) is 41.0 Å². The molecular formula is C11H25NO. The normalized spacial score (nSPS) is 29.3. The van der Waals surface area contributed by atoms with Crippen molar-refractivity contribution in [3.63, 3.8) is 0 Å². The Labute approximate surface area is 83.3 Å². The average molecular weight is 187 g/mol. The lowest BCUT2D eigenvalue weighted by atomic mass is 10.2. The molecule has 13 heavy (non-hydrogen) atoms. The highest BCUT2D eigenvalue weighted by molar-refractivity contribution is 4.72. The maximum absolute atomic E-state index is 5.62. The second-order valence-electron chi connectivity index (χ2n) is 3.52. The molecule has 2 heteroatoms. The van der Waals surface area contributed by atoms with Crippen LogP contribution in [0.2, 0.25) is 0 Å². The molecule has 0 bridgehead atoms. The molecule has 0 aromatic rings. The molecule has 0 radical (unpaired) electrons. The minimum Gasteiger partial charge on any atom is -0.373 e. The predicted octanol–water partition coefficient (Wildman–Crippen LogP) is 2.53. The van der Waals surface area contributed by atoms with Gasteiger partial charge in [-0.2, -0.15) is 0 Å². The van der Waals surface area contributed by atoms with E-state index in [2.05, 4.69) is 25.7 Å². The van der Waals surface area contributed by atoms with E-state index in [1.165, 1.54) is 13.0 Å². The largest absolute Gasteiger partial charge is 0.373 e. The van der Waals surface area contributed by atoms with Gasteiger partial charge in [-0.3, -0.25) is 4.90 Å². The van der Waals surface area contributed by atoms with E-state index in [0.717, 1.165) is 13.1 Å². The van der Waals surface area contributed by atoms with E-state index in [-0.39, 0.29) is 0 Å². The minimum atomic E-state index is 0.422. The number of rotatable bonds is 2. The maximum atomic E-state index is 5.62. The summed E-state index contributed by atoms with van der Waals surface area (Å²) in [7, 11) is 0. The Hall–Kier alpha value is -0.0800. The van der Waals surface area contributed by atoms with Crippen LogP contribution in [0.25, 0.3) is 0 Å². The van der Waals surface area contributed by atoms with Gasteiger partial charge in [0.05, 0.1) is 12.2 Å². The number of hydrogen-bond donors (Lipinski definition) is 0. The van der Waals surface area contributed by atoms with Crippen molar-refractivity contribution in [2.45, 2.75) is 53.2 Å². The van der Waals surface area contributed by atoms with Crippen LogP contribution >= 0.6 is 0 Å². The lowest BCUT2D eigenvalue weighted by Gasteiger charge is -2.35. The van der Waals surface area contributed by atoms with Gasteiger partial charge in [0.1, 0.15) is 0 Å². The van der Waals surface area contributed by atoms with Gasteiger partial charge in [0.15, 0.2) is 0 Å². The summed E-state index contributed by atoms with van der Waals surface area (Å²) in [5, 5.41) is 0. The van der Waals surface area contributed by atoms with Crippen LogP contribution in [0.4, 0.5) is 0 Å². The predicted molar refractivity (Wildman–Crippen MR) is 58.1 cm³/mol. The molecule has 0 aromatic carbocycles. The van der Waals surface area contributed by atoms with E-state index in [9.17, 15) is 0 Å². The topological polar surface area (TPSA) is 12.5 Å². The van der Waals surface area contributed by atoms with E-state index in [4.69, 9.17) is 4.74 Å². The number of morpholine rings is 1. The Balaban J connectivity index is 0.000000671. The molecule has 0 spiro atoms. The second-order valence-corrected chi connectivity index (χ2v) is 3.52. The SMILES string of the molecule is CC.CCCN1C[C@@H](C)O[C@@H](C)C1. The number of nitrogens with zero attached hydrogens (tertiary/aromatic N) is 1. The van der Waals surface area contributed by atoms with Crippen LogP contribution in [0, 0.1) is 0 Å². The standard InChI is InChI=1S/C9H19NO.C2H6/c1-4-5-10-6-8(2)11-9(3)7-10;1-2/h8-9H,4-7H2,1-3H3;1-2H3/t8-,9+;. The molecule has 1 rings (SSSR count). The molecule has 1 aliphatic rings. The zero-order valence-corrected chi connectivity index (χ0v) is 9.84. The quantitative estimate of drug-likeness (QED) is 0.658. The zero-order valence-electron chi connectivity index (χ0n) is 9.84. The molecule has 0 aromatic heterocycles. The summed E-state index contributed by atoms with van der Waals surface area (Å²) in [6, 6.07) is 0. The fraction of sp³-hybridized carbons (Fsp3) is 1.00. The van der Waals surface area contributed by atoms with E-state index in [0.29, 0.717) is 12.2 Å². The first kappa shape index (κ1) is 12.9. The molecular weight excluding hydrogens is 162 g/mol. The van der Waals surface area contributed by atoms with Crippen LogP contribution in [0.3, 0.4) is 0 Å². The molecule has 80 valence electrons. The average Bonchev–Trinajstić information content (AvgIpc) is 2.06. The molecule has 0 unspecified atom stereocenters. The van der Waals surface area contributed by atoms with Gasteiger partial charge in [0, 0.05) is 13.1 Å². The molecule has 0 aliphatic carbocycles. The fourth-order valence-corrected chi connectivity index (χ4v) is 1.78. The molecule has 1 heterocycles. The molecule has 1 saturated heterocycles. The van der Waals surface area contributed by atoms with Crippen molar-refractivity contribution in [2.75, 3.05) is 19.6 Å². The lowest BCUT2D eigenvalue weighted by molar-refractivity contribution is -0.0677. The molecule has 2 atom stereocenters. The van der Waals surface area contributed by atoms with Gasteiger partial charge < -0.3 is 4.74 Å². The molecule has 1 aliphatic heterocycles. The number of hydrogen-bond acceptors (Lipinski definition) is 2. The maximum Gasteiger partial charge on any atom is 0.0678 e. The van der Waals surface area contributed by atoms with E-state index < -0.39 is 0 Å². The van der Waals surface area contributed by atoms with Crippen molar-refractivity contribution in [1.29, 1.82) is 0 Å². The first-order chi connectivity index (χ1) is 6.22. The first-order valence-corrected chi connectivity index (χ1v) is 5.60. The van der Waals surface area contributed by atoms with Gasteiger partial charge in [-0.05, 0) is 26.8 Å². The summed E-state index contributed by atoms with van der Waals surface area (Å²) >= 11 is 0. The van der Waals surface area contributed by atoms with Crippen molar-refractivity contribution < 1.29 is 4.74 Å². The Bertz CT molecular complexity index is 107. The van der Waals surface area contributed by atoms with Crippen molar-refractivity contribution in [2.24, 2.45) is 0 Å². The van der Waals surface area contributed by atoms with E-state index in [1.54, 1.807) is 0 Å². The van der Waals surface area contributed by atoms with Gasteiger partial charge >= 0.3 is 0 Å². The number of ether oxygens (including phenoxy) is 1. The summed E-state index contributed by atoms with van der Waals surface area (Å²) < 4.78 is 5.62. The van der Waals surface area contributed by atoms with Gasteiger partial charge in [-0.15, -0.1) is 0 Å². The summed E-state index contributed by atoms with van der Waals surface area (Å²) in [5.74, 6) is 0. The van der Waals surface area contributed by atoms with Crippen molar-refractivity contribution >= 4 is 0 Å². The molecule has 0 N–H and O–H groups in total. The third-order valence-corrected chi connectivity index (χ3v) is 2.04. The summed E-state index contributed by atoms with van der Waals surface area (Å²) in [6.45, 7) is 14.0.